The van der Waals surface area contributed by atoms with Gasteiger partial charge in [0.25, 0.3) is 11.8 Å². The van der Waals surface area contributed by atoms with Crippen molar-refractivity contribution < 1.29 is 9.59 Å². The van der Waals surface area contributed by atoms with Crippen LogP contribution in [0.15, 0.2) is 60.9 Å². The Bertz CT molecular complexity index is 1240. The van der Waals surface area contributed by atoms with Crippen LogP contribution in [0, 0.1) is 0 Å². The SMILES string of the molecule is O=C(Nc1cnn(Cc2ccccc2)c1)c1ccc2nc3n(c2c1)CCCNC3=O. The van der Waals surface area contributed by atoms with E-state index in [0.29, 0.717) is 42.2 Å². The standard InChI is InChI=1S/C22H20N6O2/c29-21(25-17-12-24-27(14-17)13-15-5-2-1-3-6-15)16-7-8-18-19(11-16)28-10-4-9-23-22(30)20(28)26-18/h1-3,5-8,11-12,14H,4,9-10,13H2,(H,23,30)(H,25,29). The van der Waals surface area contributed by atoms with Crippen LogP contribution in [0.3, 0.4) is 0 Å². The molecule has 0 fully saturated rings. The number of aromatic nitrogens is 4. The van der Waals surface area contributed by atoms with Gasteiger partial charge in [-0.3, -0.25) is 14.3 Å². The lowest BCUT2D eigenvalue weighted by atomic mass is 10.2. The average molecular weight is 400 g/mol. The Morgan fingerprint density at radius 1 is 1.17 bits per heavy atom. The van der Waals surface area contributed by atoms with Crippen molar-refractivity contribution >= 4 is 28.5 Å². The van der Waals surface area contributed by atoms with E-state index in [1.165, 1.54) is 0 Å². The molecule has 2 N–H and O–H groups in total. The Labute approximate surface area is 172 Å². The van der Waals surface area contributed by atoms with Gasteiger partial charge < -0.3 is 15.2 Å². The molecule has 0 atom stereocenters. The second-order valence-electron chi connectivity index (χ2n) is 7.27. The molecule has 1 aliphatic heterocycles. The fraction of sp³-hybridized carbons (Fsp3) is 0.182. The lowest BCUT2D eigenvalue weighted by Gasteiger charge is -2.06. The number of aryl methyl sites for hydroxylation is 1. The first kappa shape index (κ1) is 18.1. The minimum Gasteiger partial charge on any atom is -0.349 e. The first-order chi connectivity index (χ1) is 14.7. The number of amides is 2. The van der Waals surface area contributed by atoms with E-state index in [2.05, 4.69) is 20.7 Å². The number of rotatable bonds is 4. The molecular formula is C22H20N6O2. The number of imidazole rings is 1. The number of carbonyl (C=O) groups is 2. The van der Waals surface area contributed by atoms with Crippen LogP contribution in [-0.2, 0) is 13.1 Å². The van der Waals surface area contributed by atoms with Crippen LogP contribution in [0.25, 0.3) is 11.0 Å². The maximum Gasteiger partial charge on any atom is 0.287 e. The molecular weight excluding hydrogens is 380 g/mol. The van der Waals surface area contributed by atoms with E-state index in [4.69, 9.17) is 0 Å². The third-order valence-corrected chi connectivity index (χ3v) is 5.14. The topological polar surface area (TPSA) is 93.8 Å². The molecule has 0 spiro atoms. The monoisotopic (exact) mass is 400 g/mol. The molecule has 4 aromatic rings. The number of nitrogens with zero attached hydrogens (tertiary/aromatic N) is 4. The largest absolute Gasteiger partial charge is 0.349 e. The summed E-state index contributed by atoms with van der Waals surface area (Å²) in [7, 11) is 0. The molecule has 0 unspecified atom stereocenters. The molecule has 1 aliphatic rings. The van der Waals surface area contributed by atoms with E-state index in [-0.39, 0.29) is 11.8 Å². The Kier molecular flexibility index (Phi) is 4.51. The van der Waals surface area contributed by atoms with Crippen molar-refractivity contribution in [3.63, 3.8) is 0 Å². The van der Waals surface area contributed by atoms with Gasteiger partial charge in [-0.1, -0.05) is 30.3 Å². The second-order valence-corrected chi connectivity index (χ2v) is 7.27. The molecule has 150 valence electrons. The average Bonchev–Trinajstić information content (AvgIpc) is 3.30. The Hall–Kier alpha value is -3.94. The van der Waals surface area contributed by atoms with Crippen LogP contribution >= 0.6 is 0 Å². The van der Waals surface area contributed by atoms with Gasteiger partial charge in [0.15, 0.2) is 5.82 Å². The molecule has 3 heterocycles. The Morgan fingerprint density at radius 3 is 2.90 bits per heavy atom. The van der Waals surface area contributed by atoms with Crippen molar-refractivity contribution in [2.24, 2.45) is 0 Å². The summed E-state index contributed by atoms with van der Waals surface area (Å²) in [4.78, 5) is 29.4. The van der Waals surface area contributed by atoms with Gasteiger partial charge in [-0.15, -0.1) is 0 Å². The molecule has 0 saturated carbocycles. The lowest BCUT2D eigenvalue weighted by molar-refractivity contribution is 0.0945. The number of carbonyl (C=O) groups excluding carboxylic acids is 2. The van der Waals surface area contributed by atoms with Crippen LogP contribution in [0.1, 0.15) is 33.0 Å². The molecule has 0 radical (unpaired) electrons. The number of benzene rings is 2. The summed E-state index contributed by atoms with van der Waals surface area (Å²) in [5.74, 6) is -0.0208. The van der Waals surface area contributed by atoms with Crippen molar-refractivity contribution in [1.29, 1.82) is 0 Å². The van der Waals surface area contributed by atoms with Gasteiger partial charge in [-0.25, -0.2) is 4.98 Å². The zero-order valence-electron chi connectivity index (χ0n) is 16.2. The fourth-order valence-corrected chi connectivity index (χ4v) is 3.67. The van der Waals surface area contributed by atoms with E-state index in [0.717, 1.165) is 17.5 Å². The highest BCUT2D eigenvalue weighted by atomic mass is 16.2. The third-order valence-electron chi connectivity index (χ3n) is 5.14. The van der Waals surface area contributed by atoms with Gasteiger partial charge in [0, 0.05) is 24.8 Å². The normalized spacial score (nSPS) is 13.5. The summed E-state index contributed by atoms with van der Waals surface area (Å²) in [6.45, 7) is 1.94. The summed E-state index contributed by atoms with van der Waals surface area (Å²) < 4.78 is 3.66. The molecule has 8 nitrogen and oxygen atoms in total. The quantitative estimate of drug-likeness (QED) is 0.551. The van der Waals surface area contributed by atoms with E-state index >= 15 is 0 Å². The van der Waals surface area contributed by atoms with Gasteiger partial charge in [0.2, 0.25) is 0 Å². The van der Waals surface area contributed by atoms with Crippen molar-refractivity contribution in [2.45, 2.75) is 19.5 Å². The van der Waals surface area contributed by atoms with E-state index in [1.807, 2.05) is 34.9 Å². The smallest absolute Gasteiger partial charge is 0.287 e. The maximum absolute atomic E-state index is 12.8. The zero-order valence-corrected chi connectivity index (χ0v) is 16.2. The molecule has 30 heavy (non-hydrogen) atoms. The van der Waals surface area contributed by atoms with Crippen LogP contribution < -0.4 is 10.6 Å². The summed E-state index contributed by atoms with van der Waals surface area (Å²) >= 11 is 0. The van der Waals surface area contributed by atoms with Crippen LogP contribution in [0.4, 0.5) is 5.69 Å². The minimum atomic E-state index is -0.232. The lowest BCUT2D eigenvalue weighted by Crippen LogP contribution is -2.23. The molecule has 2 amide bonds. The number of hydrogen-bond donors (Lipinski definition) is 2. The highest BCUT2D eigenvalue weighted by molar-refractivity contribution is 6.06. The van der Waals surface area contributed by atoms with Gasteiger partial charge in [-0.2, -0.15) is 5.10 Å². The molecule has 0 saturated heterocycles. The predicted molar refractivity (Wildman–Crippen MR) is 112 cm³/mol. The molecule has 0 bridgehead atoms. The number of nitrogens with one attached hydrogen (secondary N) is 2. The van der Waals surface area contributed by atoms with Crippen molar-refractivity contribution in [3.05, 3.63) is 77.9 Å². The summed E-state index contributed by atoms with van der Waals surface area (Å²) in [5.41, 5.74) is 3.76. The van der Waals surface area contributed by atoms with Gasteiger partial charge >= 0.3 is 0 Å². The third kappa shape index (κ3) is 3.43. The second kappa shape index (κ2) is 7.47. The predicted octanol–water partition coefficient (Wildman–Crippen LogP) is 2.67. The molecule has 5 rings (SSSR count). The highest BCUT2D eigenvalue weighted by Gasteiger charge is 2.21. The van der Waals surface area contributed by atoms with Gasteiger partial charge in [0.1, 0.15) is 0 Å². The van der Waals surface area contributed by atoms with Crippen LogP contribution in [0.5, 0.6) is 0 Å². The maximum atomic E-state index is 12.8. The molecule has 2 aromatic carbocycles. The van der Waals surface area contributed by atoms with E-state index < -0.39 is 0 Å². The molecule has 8 heteroatoms. The number of anilines is 1. The molecule has 2 aromatic heterocycles. The van der Waals surface area contributed by atoms with Crippen LogP contribution in [0.2, 0.25) is 0 Å². The minimum absolute atomic E-state index is 0.180. The molecule has 0 aliphatic carbocycles. The van der Waals surface area contributed by atoms with Gasteiger partial charge in [0.05, 0.1) is 29.5 Å². The van der Waals surface area contributed by atoms with E-state index in [9.17, 15) is 9.59 Å². The van der Waals surface area contributed by atoms with Crippen molar-refractivity contribution in [2.75, 3.05) is 11.9 Å². The van der Waals surface area contributed by atoms with Crippen molar-refractivity contribution in [1.82, 2.24) is 24.6 Å². The Morgan fingerprint density at radius 2 is 2.03 bits per heavy atom. The summed E-state index contributed by atoms with van der Waals surface area (Å²) in [6.07, 6.45) is 4.26. The van der Waals surface area contributed by atoms with Crippen molar-refractivity contribution in [3.8, 4) is 0 Å². The highest BCUT2D eigenvalue weighted by Crippen LogP contribution is 2.21. The first-order valence-corrected chi connectivity index (χ1v) is 9.83. The van der Waals surface area contributed by atoms with Gasteiger partial charge in [-0.05, 0) is 30.2 Å². The summed E-state index contributed by atoms with van der Waals surface area (Å²) in [5, 5.41) is 10.1. The fourth-order valence-electron chi connectivity index (χ4n) is 3.67. The summed E-state index contributed by atoms with van der Waals surface area (Å²) in [6, 6.07) is 15.3. The van der Waals surface area contributed by atoms with E-state index in [1.54, 1.807) is 35.3 Å². The zero-order chi connectivity index (χ0) is 20.5. The number of hydrogen-bond acceptors (Lipinski definition) is 4. The first-order valence-electron chi connectivity index (χ1n) is 9.83. The van der Waals surface area contributed by atoms with Crippen LogP contribution in [-0.4, -0.2) is 37.7 Å². The number of fused-ring (bicyclic) bond motifs is 3. The Balaban J connectivity index is 1.36.